The van der Waals surface area contributed by atoms with Crippen molar-refractivity contribution in [3.05, 3.63) is 82.9 Å². The molecular weight excluding hydrogens is 322 g/mol. The standard InChI is InChI=1S/C23H23NO2/c1-18(25)12-13-24-16-21(14-19-8-4-2-5-9-19)23(26)22(17-24)15-20-10-6-3-7-11-20/h2-11,14-15H,12-13,16-17H2,1H3/b21-14+,22-15+. The van der Waals surface area contributed by atoms with Gasteiger partial charge in [-0.2, -0.15) is 0 Å². The first kappa shape index (κ1) is 18.0. The van der Waals surface area contributed by atoms with Crippen molar-refractivity contribution in [1.29, 1.82) is 0 Å². The van der Waals surface area contributed by atoms with Crippen LogP contribution in [0.5, 0.6) is 0 Å². The molecule has 0 N–H and O–H groups in total. The van der Waals surface area contributed by atoms with E-state index in [2.05, 4.69) is 4.90 Å². The Hall–Kier alpha value is -2.78. The monoisotopic (exact) mass is 345 g/mol. The van der Waals surface area contributed by atoms with Gasteiger partial charge in [-0.1, -0.05) is 60.7 Å². The maximum Gasteiger partial charge on any atom is 0.187 e. The highest BCUT2D eigenvalue weighted by Gasteiger charge is 2.26. The molecule has 1 saturated heterocycles. The molecular formula is C23H23NO2. The van der Waals surface area contributed by atoms with Crippen LogP contribution in [0.2, 0.25) is 0 Å². The van der Waals surface area contributed by atoms with Crippen LogP contribution in [0.3, 0.4) is 0 Å². The van der Waals surface area contributed by atoms with Crippen molar-refractivity contribution in [2.75, 3.05) is 19.6 Å². The van der Waals surface area contributed by atoms with Gasteiger partial charge in [0.2, 0.25) is 0 Å². The Labute approximate surface area is 154 Å². The summed E-state index contributed by atoms with van der Waals surface area (Å²) in [6, 6.07) is 19.8. The predicted octanol–water partition coefficient (Wildman–Crippen LogP) is 4.02. The van der Waals surface area contributed by atoms with Crippen molar-refractivity contribution in [2.24, 2.45) is 0 Å². The van der Waals surface area contributed by atoms with Gasteiger partial charge in [-0.25, -0.2) is 0 Å². The van der Waals surface area contributed by atoms with Crippen molar-refractivity contribution in [3.63, 3.8) is 0 Å². The van der Waals surface area contributed by atoms with E-state index in [-0.39, 0.29) is 11.6 Å². The minimum Gasteiger partial charge on any atom is -0.300 e. The van der Waals surface area contributed by atoms with E-state index < -0.39 is 0 Å². The lowest BCUT2D eigenvalue weighted by Gasteiger charge is -2.29. The van der Waals surface area contributed by atoms with Crippen LogP contribution >= 0.6 is 0 Å². The third-order valence-electron chi connectivity index (χ3n) is 4.43. The molecule has 3 heteroatoms. The summed E-state index contributed by atoms with van der Waals surface area (Å²) < 4.78 is 0. The average Bonchev–Trinajstić information content (AvgIpc) is 2.65. The van der Waals surface area contributed by atoms with E-state index in [9.17, 15) is 9.59 Å². The molecule has 3 rings (SSSR count). The van der Waals surface area contributed by atoms with Gasteiger partial charge in [0, 0.05) is 37.2 Å². The molecule has 2 aromatic carbocycles. The Morgan fingerprint density at radius 1 is 0.885 bits per heavy atom. The molecule has 0 amide bonds. The van der Waals surface area contributed by atoms with Gasteiger partial charge in [0.25, 0.3) is 0 Å². The molecule has 0 bridgehead atoms. The summed E-state index contributed by atoms with van der Waals surface area (Å²) in [7, 11) is 0. The van der Waals surface area contributed by atoms with Gasteiger partial charge in [0.1, 0.15) is 5.78 Å². The fourth-order valence-corrected chi connectivity index (χ4v) is 3.08. The summed E-state index contributed by atoms with van der Waals surface area (Å²) in [4.78, 5) is 26.5. The number of hydrogen-bond acceptors (Lipinski definition) is 3. The van der Waals surface area contributed by atoms with Crippen molar-refractivity contribution in [3.8, 4) is 0 Å². The Bertz CT molecular complexity index is 774. The van der Waals surface area contributed by atoms with Crippen LogP contribution in [0.15, 0.2) is 71.8 Å². The number of piperidine rings is 1. The number of rotatable bonds is 5. The molecule has 0 aromatic heterocycles. The van der Waals surface area contributed by atoms with Gasteiger partial charge in [0.05, 0.1) is 0 Å². The zero-order chi connectivity index (χ0) is 18.4. The molecule has 2 aromatic rings. The quantitative estimate of drug-likeness (QED) is 0.768. The van der Waals surface area contributed by atoms with E-state index >= 15 is 0 Å². The first-order valence-electron chi connectivity index (χ1n) is 8.89. The van der Waals surface area contributed by atoms with Crippen molar-refractivity contribution < 1.29 is 9.59 Å². The van der Waals surface area contributed by atoms with Gasteiger partial charge in [-0.3, -0.25) is 14.5 Å². The normalized spacial score (nSPS) is 18.4. The highest BCUT2D eigenvalue weighted by atomic mass is 16.1. The number of nitrogens with zero attached hydrogens (tertiary/aromatic N) is 1. The molecule has 1 fully saturated rings. The third kappa shape index (κ3) is 4.87. The van der Waals surface area contributed by atoms with Crippen LogP contribution in [0.25, 0.3) is 12.2 Å². The van der Waals surface area contributed by atoms with E-state index in [1.165, 1.54) is 0 Å². The summed E-state index contributed by atoms with van der Waals surface area (Å²) >= 11 is 0. The second kappa shape index (κ2) is 8.54. The first-order chi connectivity index (χ1) is 12.6. The molecule has 0 radical (unpaired) electrons. The summed E-state index contributed by atoms with van der Waals surface area (Å²) in [5.74, 6) is 0.265. The predicted molar refractivity (Wildman–Crippen MR) is 106 cm³/mol. The molecule has 132 valence electrons. The zero-order valence-corrected chi connectivity index (χ0v) is 15.0. The van der Waals surface area contributed by atoms with E-state index in [4.69, 9.17) is 0 Å². The van der Waals surface area contributed by atoms with E-state index in [1.54, 1.807) is 6.92 Å². The number of hydrogen-bond donors (Lipinski definition) is 0. The zero-order valence-electron chi connectivity index (χ0n) is 15.0. The Balaban J connectivity index is 1.90. The lowest BCUT2D eigenvalue weighted by atomic mass is 9.94. The molecule has 0 spiro atoms. The molecule has 3 nitrogen and oxygen atoms in total. The Morgan fingerprint density at radius 3 is 1.77 bits per heavy atom. The van der Waals surface area contributed by atoms with Crippen LogP contribution in [0.4, 0.5) is 0 Å². The van der Waals surface area contributed by atoms with Gasteiger partial charge >= 0.3 is 0 Å². The molecule has 1 aliphatic rings. The van der Waals surface area contributed by atoms with Crippen LogP contribution < -0.4 is 0 Å². The summed E-state index contributed by atoms with van der Waals surface area (Å²) in [6.07, 6.45) is 4.42. The minimum absolute atomic E-state index is 0.0942. The molecule has 0 atom stereocenters. The van der Waals surface area contributed by atoms with Gasteiger partial charge in [-0.05, 0) is 30.2 Å². The number of Topliss-reactive ketones (excluding diaryl/α,β-unsaturated/α-hetero) is 2. The molecule has 1 heterocycles. The lowest BCUT2D eigenvalue weighted by molar-refractivity contribution is -0.117. The summed E-state index contributed by atoms with van der Waals surface area (Å²) in [6.45, 7) is 3.43. The van der Waals surface area contributed by atoms with Crippen LogP contribution in [-0.4, -0.2) is 36.1 Å². The molecule has 0 saturated carbocycles. The number of likely N-dealkylation sites (tertiary alicyclic amines) is 1. The van der Waals surface area contributed by atoms with E-state index in [0.29, 0.717) is 26.1 Å². The van der Waals surface area contributed by atoms with Crippen LogP contribution in [0, 0.1) is 0 Å². The van der Waals surface area contributed by atoms with Crippen molar-refractivity contribution >= 4 is 23.7 Å². The largest absolute Gasteiger partial charge is 0.300 e. The number of benzene rings is 2. The number of carbonyl (C=O) groups is 2. The van der Waals surface area contributed by atoms with E-state index in [1.807, 2.05) is 72.8 Å². The van der Waals surface area contributed by atoms with Gasteiger partial charge in [0.15, 0.2) is 5.78 Å². The SMILES string of the molecule is CC(=O)CCN1C/C(=C\c2ccccc2)C(=O)/C(=C/c2ccccc2)C1. The number of ketones is 2. The highest BCUT2D eigenvalue weighted by molar-refractivity contribution is 6.14. The fourth-order valence-electron chi connectivity index (χ4n) is 3.08. The molecule has 0 unspecified atom stereocenters. The van der Waals surface area contributed by atoms with Crippen molar-refractivity contribution in [2.45, 2.75) is 13.3 Å². The molecule has 1 aliphatic heterocycles. The maximum atomic E-state index is 13.0. The van der Waals surface area contributed by atoms with Crippen LogP contribution in [-0.2, 0) is 9.59 Å². The lowest BCUT2D eigenvalue weighted by Crippen LogP contribution is -2.38. The number of carbonyl (C=O) groups excluding carboxylic acids is 2. The maximum absolute atomic E-state index is 13.0. The second-order valence-corrected chi connectivity index (χ2v) is 6.65. The van der Waals surface area contributed by atoms with Gasteiger partial charge in [-0.15, -0.1) is 0 Å². The Kier molecular flexibility index (Phi) is 5.92. The van der Waals surface area contributed by atoms with Crippen molar-refractivity contribution in [1.82, 2.24) is 4.90 Å². The first-order valence-corrected chi connectivity index (χ1v) is 8.89. The van der Waals surface area contributed by atoms with Gasteiger partial charge < -0.3 is 0 Å². The summed E-state index contributed by atoms with van der Waals surface area (Å²) in [5.41, 5.74) is 3.58. The summed E-state index contributed by atoms with van der Waals surface area (Å²) in [5, 5.41) is 0. The minimum atomic E-state index is 0.0942. The Morgan fingerprint density at radius 2 is 1.35 bits per heavy atom. The fraction of sp³-hybridized carbons (Fsp3) is 0.217. The molecule has 26 heavy (non-hydrogen) atoms. The molecule has 0 aliphatic carbocycles. The average molecular weight is 345 g/mol. The highest BCUT2D eigenvalue weighted by Crippen LogP contribution is 2.22. The van der Waals surface area contributed by atoms with E-state index in [0.717, 1.165) is 22.3 Å². The second-order valence-electron chi connectivity index (χ2n) is 6.65. The topological polar surface area (TPSA) is 37.4 Å². The third-order valence-corrected chi connectivity index (χ3v) is 4.43. The van der Waals surface area contributed by atoms with Crippen LogP contribution in [0.1, 0.15) is 24.5 Å². The smallest absolute Gasteiger partial charge is 0.187 e.